The van der Waals surface area contributed by atoms with Crippen LogP contribution in [0, 0.1) is 0 Å². The van der Waals surface area contributed by atoms with Crippen LogP contribution in [0.5, 0.6) is 11.5 Å². The van der Waals surface area contributed by atoms with Crippen molar-refractivity contribution >= 4 is 33.4 Å². The van der Waals surface area contributed by atoms with Gasteiger partial charge in [-0.25, -0.2) is 0 Å². The number of rotatable bonds is 13. The van der Waals surface area contributed by atoms with Gasteiger partial charge in [0.05, 0.1) is 6.61 Å². The first-order chi connectivity index (χ1) is 17.3. The minimum absolute atomic E-state index is 0.00400. The Bertz CT molecular complexity index is 984. The molecule has 0 aliphatic carbocycles. The topological polar surface area (TPSA) is 161 Å². The Labute approximate surface area is 216 Å². The van der Waals surface area contributed by atoms with E-state index in [0.717, 1.165) is 0 Å². The van der Waals surface area contributed by atoms with Crippen molar-refractivity contribution in [3.63, 3.8) is 0 Å². The van der Waals surface area contributed by atoms with Crippen molar-refractivity contribution in [3.05, 3.63) is 60.2 Å². The molecular weight excluding hydrogens is 508 g/mol. The summed E-state index contributed by atoms with van der Waals surface area (Å²) in [6.45, 7) is 0.280. The van der Waals surface area contributed by atoms with E-state index in [0.29, 0.717) is 28.6 Å². The number of nitrogens with two attached hydrogens (primary N) is 1. The van der Waals surface area contributed by atoms with Gasteiger partial charge in [-0.1, -0.05) is 51.9 Å². The van der Waals surface area contributed by atoms with Gasteiger partial charge < -0.3 is 40.6 Å². The molecule has 36 heavy (non-hydrogen) atoms. The molecule has 196 valence electrons. The van der Waals surface area contributed by atoms with Gasteiger partial charge in [0.2, 0.25) is 5.91 Å². The minimum atomic E-state index is -1.63. The monoisotopic (exact) mass is 538 g/mol. The molecule has 5 atom stereocenters. The van der Waals surface area contributed by atoms with Crippen molar-refractivity contribution in [2.24, 2.45) is 5.73 Å². The van der Waals surface area contributed by atoms with E-state index in [-0.39, 0.29) is 25.5 Å². The highest BCUT2D eigenvalue weighted by molar-refractivity contribution is 8.76. The Morgan fingerprint density at radius 2 is 1.67 bits per heavy atom. The van der Waals surface area contributed by atoms with Crippen molar-refractivity contribution in [2.75, 3.05) is 18.1 Å². The zero-order valence-electron chi connectivity index (χ0n) is 19.4. The van der Waals surface area contributed by atoms with Crippen LogP contribution in [0.2, 0.25) is 0 Å². The molecule has 2 amide bonds. The van der Waals surface area contributed by atoms with Gasteiger partial charge in [-0.3, -0.25) is 9.59 Å². The van der Waals surface area contributed by atoms with Gasteiger partial charge in [-0.2, -0.15) is 0 Å². The zero-order chi connectivity index (χ0) is 25.9. The number of amides is 2. The number of aliphatic hydroxyl groups excluding tert-OH is 3. The maximum atomic E-state index is 12.5. The number of hydrogen-bond acceptors (Lipinski definition) is 10. The molecule has 1 aliphatic heterocycles. The molecule has 1 aliphatic rings. The lowest BCUT2D eigenvalue weighted by Gasteiger charge is -2.39. The van der Waals surface area contributed by atoms with Gasteiger partial charge in [-0.05, 0) is 29.8 Å². The molecule has 0 spiro atoms. The number of carbonyl (C=O) groups excluding carboxylic acids is 2. The Morgan fingerprint density at radius 1 is 0.944 bits per heavy atom. The second-order valence-electron chi connectivity index (χ2n) is 7.92. The molecule has 3 rings (SSSR count). The summed E-state index contributed by atoms with van der Waals surface area (Å²) in [6.07, 6.45) is -7.29. The number of para-hydroxylation sites is 1. The van der Waals surface area contributed by atoms with Crippen LogP contribution in [-0.4, -0.2) is 75.9 Å². The van der Waals surface area contributed by atoms with Crippen LogP contribution in [0.3, 0.4) is 0 Å². The quantitative estimate of drug-likeness (QED) is 0.185. The molecule has 0 bridgehead atoms. The van der Waals surface area contributed by atoms with Crippen LogP contribution in [-0.2, 0) is 25.7 Å². The van der Waals surface area contributed by atoms with E-state index >= 15 is 0 Å². The number of ether oxygens (including phenoxy) is 3. The number of hydrogen-bond donors (Lipinski definition) is 5. The average molecular weight is 539 g/mol. The van der Waals surface area contributed by atoms with Crippen molar-refractivity contribution in [2.45, 2.75) is 43.7 Å². The summed E-state index contributed by atoms with van der Waals surface area (Å²) < 4.78 is 17.0. The van der Waals surface area contributed by atoms with Crippen molar-refractivity contribution in [1.82, 2.24) is 5.32 Å². The largest absolute Gasteiger partial charge is 0.457 e. The predicted molar refractivity (Wildman–Crippen MR) is 136 cm³/mol. The van der Waals surface area contributed by atoms with Crippen LogP contribution in [0.25, 0.3) is 0 Å². The molecule has 2 aromatic rings. The SMILES string of the molecule is NC(=O)CCSSCCNC(=O)[C@H]1O[C@@H](OCc2cccc(Oc3ccccc3)c2)[C@H](O)[C@@H](O)[C@@H]1O. The van der Waals surface area contributed by atoms with Crippen LogP contribution in [0.1, 0.15) is 12.0 Å². The first-order valence-electron chi connectivity index (χ1n) is 11.3. The maximum absolute atomic E-state index is 12.5. The summed E-state index contributed by atoms with van der Waals surface area (Å²) in [4.78, 5) is 23.3. The summed E-state index contributed by atoms with van der Waals surface area (Å²) in [6, 6.07) is 16.4. The number of benzene rings is 2. The van der Waals surface area contributed by atoms with Crippen molar-refractivity contribution in [1.29, 1.82) is 0 Å². The molecule has 0 unspecified atom stereocenters. The molecule has 0 saturated carbocycles. The highest BCUT2D eigenvalue weighted by Gasteiger charge is 2.47. The third-order valence-corrected chi connectivity index (χ3v) is 7.53. The molecule has 2 aromatic carbocycles. The summed E-state index contributed by atoms with van der Waals surface area (Å²) in [5.41, 5.74) is 5.79. The summed E-state index contributed by atoms with van der Waals surface area (Å²) in [5.74, 6) is 1.38. The Kier molecular flexibility index (Phi) is 11.3. The van der Waals surface area contributed by atoms with Crippen LogP contribution < -0.4 is 15.8 Å². The van der Waals surface area contributed by atoms with Crippen molar-refractivity contribution < 1.29 is 39.1 Å². The summed E-state index contributed by atoms with van der Waals surface area (Å²) >= 11 is 0. The van der Waals surface area contributed by atoms with Gasteiger partial charge in [-0.15, -0.1) is 0 Å². The predicted octanol–water partition coefficient (Wildman–Crippen LogP) is 1.18. The number of nitrogens with one attached hydrogen (secondary N) is 1. The zero-order valence-corrected chi connectivity index (χ0v) is 21.0. The Balaban J connectivity index is 1.49. The fraction of sp³-hybridized carbons (Fsp3) is 0.417. The fourth-order valence-corrected chi connectivity index (χ4v) is 5.19. The highest BCUT2D eigenvalue weighted by atomic mass is 33.1. The standard InChI is InChI=1S/C24H30N2O8S2/c25-18(27)9-11-35-36-12-10-26-23(31)22-20(29)19(28)21(30)24(34-22)32-14-15-5-4-8-17(13-15)33-16-6-2-1-3-7-16/h1-8,13,19-22,24,28-30H,9-12,14H2,(H2,25,27)(H,26,31)/t19-,20-,21+,22-,24+/m0/s1. The molecular formula is C24H30N2O8S2. The van der Waals surface area contributed by atoms with Gasteiger partial charge in [0.15, 0.2) is 12.4 Å². The molecule has 1 heterocycles. The third kappa shape index (κ3) is 8.66. The fourth-order valence-electron chi connectivity index (χ4n) is 3.28. The van der Waals surface area contributed by atoms with Gasteiger partial charge >= 0.3 is 0 Å². The Morgan fingerprint density at radius 3 is 2.42 bits per heavy atom. The van der Waals surface area contributed by atoms with Gasteiger partial charge in [0.25, 0.3) is 5.91 Å². The molecule has 0 radical (unpaired) electrons. The van der Waals surface area contributed by atoms with E-state index in [4.69, 9.17) is 19.9 Å². The average Bonchev–Trinajstić information content (AvgIpc) is 2.87. The Hall–Kier alpha value is -2.32. The summed E-state index contributed by atoms with van der Waals surface area (Å²) in [7, 11) is 2.92. The van der Waals surface area contributed by atoms with E-state index in [1.165, 1.54) is 21.6 Å². The lowest BCUT2D eigenvalue weighted by atomic mass is 9.98. The lowest BCUT2D eigenvalue weighted by molar-refractivity contribution is -0.293. The second kappa shape index (κ2) is 14.4. The third-order valence-electron chi connectivity index (χ3n) is 5.12. The van der Waals surface area contributed by atoms with Gasteiger partial charge in [0.1, 0.15) is 29.8 Å². The molecule has 1 fully saturated rings. The lowest BCUT2D eigenvalue weighted by Crippen LogP contribution is -2.62. The van der Waals surface area contributed by atoms with Crippen molar-refractivity contribution in [3.8, 4) is 11.5 Å². The van der Waals surface area contributed by atoms with E-state index in [1.54, 1.807) is 24.3 Å². The highest BCUT2D eigenvalue weighted by Crippen LogP contribution is 2.26. The van der Waals surface area contributed by atoms with E-state index in [9.17, 15) is 24.9 Å². The minimum Gasteiger partial charge on any atom is -0.457 e. The molecule has 6 N–H and O–H groups in total. The molecule has 1 saturated heterocycles. The van der Waals surface area contributed by atoms with Crippen LogP contribution in [0.4, 0.5) is 0 Å². The molecule has 0 aromatic heterocycles. The molecule has 12 heteroatoms. The van der Waals surface area contributed by atoms with E-state index in [2.05, 4.69) is 5.32 Å². The maximum Gasteiger partial charge on any atom is 0.252 e. The normalized spacial score (nSPS) is 23.7. The first-order valence-corrected chi connectivity index (χ1v) is 13.8. The number of carbonyl (C=O) groups is 2. The van der Waals surface area contributed by atoms with Crippen LogP contribution in [0.15, 0.2) is 54.6 Å². The number of primary amides is 1. The van der Waals surface area contributed by atoms with Crippen LogP contribution >= 0.6 is 21.6 Å². The van der Waals surface area contributed by atoms with Gasteiger partial charge in [0, 0.05) is 24.5 Å². The summed E-state index contributed by atoms with van der Waals surface area (Å²) in [5, 5.41) is 33.5. The van der Waals surface area contributed by atoms with E-state index in [1.807, 2.05) is 30.3 Å². The second-order valence-corrected chi connectivity index (χ2v) is 10.6. The van der Waals surface area contributed by atoms with E-state index < -0.39 is 36.6 Å². The molecule has 10 nitrogen and oxygen atoms in total. The number of aliphatic hydroxyl groups is 3. The smallest absolute Gasteiger partial charge is 0.252 e. The first kappa shape index (κ1) is 28.3.